The van der Waals surface area contributed by atoms with Crippen molar-refractivity contribution in [2.24, 2.45) is 0 Å². The molecule has 41 heavy (non-hydrogen) atoms. The first-order valence-corrected chi connectivity index (χ1v) is 13.6. The number of aromatic nitrogens is 2. The number of carbonyl (C=O) groups excluding carboxylic acids is 2. The fraction of sp³-hybridized carbons (Fsp3) is 0.114. The number of carbonyl (C=O) groups is 2. The molecule has 1 aromatic heterocycles. The van der Waals surface area contributed by atoms with Gasteiger partial charge in [-0.25, -0.2) is 9.48 Å². The number of rotatable bonds is 10. The number of benzene rings is 4. The van der Waals surface area contributed by atoms with Crippen molar-refractivity contribution >= 4 is 24.0 Å². The molecule has 0 fully saturated rings. The lowest BCUT2D eigenvalue weighted by Gasteiger charge is -2.18. The molecule has 1 atom stereocenters. The lowest BCUT2D eigenvalue weighted by atomic mass is 10.0. The highest BCUT2D eigenvalue weighted by Crippen LogP contribution is 2.29. The van der Waals surface area contributed by atoms with Crippen molar-refractivity contribution in [2.45, 2.75) is 19.4 Å². The van der Waals surface area contributed by atoms with E-state index in [0.717, 1.165) is 22.4 Å². The summed E-state index contributed by atoms with van der Waals surface area (Å²) in [5, 5.41) is 7.92. The van der Waals surface area contributed by atoms with E-state index in [1.165, 1.54) is 0 Å². The second-order valence-electron chi connectivity index (χ2n) is 9.43. The van der Waals surface area contributed by atoms with Crippen molar-refractivity contribution in [1.29, 1.82) is 0 Å². The molecule has 0 unspecified atom stereocenters. The number of esters is 1. The van der Waals surface area contributed by atoms with Gasteiger partial charge >= 0.3 is 5.97 Å². The maximum atomic E-state index is 14.2. The van der Waals surface area contributed by atoms with Crippen LogP contribution in [0.4, 0.5) is 0 Å². The van der Waals surface area contributed by atoms with E-state index < -0.39 is 17.9 Å². The Morgan fingerprint density at radius 3 is 2.02 bits per heavy atom. The maximum Gasteiger partial charge on any atom is 0.328 e. The van der Waals surface area contributed by atoms with Gasteiger partial charge in [0.25, 0.3) is 5.91 Å². The minimum absolute atomic E-state index is 0.215. The number of hydrogen-bond acceptors (Lipinski definition) is 4. The van der Waals surface area contributed by atoms with Crippen LogP contribution in [0.5, 0.6) is 0 Å². The predicted octanol–water partition coefficient (Wildman–Crippen LogP) is 6.61. The minimum Gasteiger partial charge on any atom is -0.464 e. The van der Waals surface area contributed by atoms with Gasteiger partial charge in [0.05, 0.1) is 23.6 Å². The van der Waals surface area contributed by atoms with Crippen molar-refractivity contribution < 1.29 is 14.3 Å². The highest BCUT2D eigenvalue weighted by molar-refractivity contribution is 6.05. The summed E-state index contributed by atoms with van der Waals surface area (Å²) in [7, 11) is 0. The summed E-state index contributed by atoms with van der Waals surface area (Å²) in [6, 6.07) is 37.9. The van der Waals surface area contributed by atoms with Gasteiger partial charge in [0.1, 0.15) is 11.7 Å². The van der Waals surface area contributed by atoms with E-state index in [4.69, 9.17) is 9.84 Å². The zero-order chi connectivity index (χ0) is 28.4. The zero-order valence-corrected chi connectivity index (χ0v) is 22.8. The zero-order valence-electron chi connectivity index (χ0n) is 22.8. The molecular weight excluding hydrogens is 510 g/mol. The molecule has 1 amide bonds. The van der Waals surface area contributed by atoms with Crippen LogP contribution in [0, 0.1) is 0 Å². The molecule has 0 radical (unpaired) electrons. The molecule has 0 saturated carbocycles. The molecule has 0 aliphatic heterocycles. The van der Waals surface area contributed by atoms with Gasteiger partial charge in [0.15, 0.2) is 0 Å². The van der Waals surface area contributed by atoms with Crippen molar-refractivity contribution in [3.8, 4) is 16.9 Å². The quantitative estimate of drug-likeness (QED) is 0.202. The third-order valence-electron chi connectivity index (χ3n) is 6.59. The summed E-state index contributed by atoms with van der Waals surface area (Å²) in [4.78, 5) is 27.2. The molecule has 6 nitrogen and oxygen atoms in total. The normalized spacial score (nSPS) is 11.7. The van der Waals surface area contributed by atoms with Gasteiger partial charge in [-0.2, -0.15) is 5.10 Å². The van der Waals surface area contributed by atoms with Gasteiger partial charge in [-0.3, -0.25) is 4.79 Å². The largest absolute Gasteiger partial charge is 0.464 e. The second kappa shape index (κ2) is 13.2. The Bertz CT molecular complexity index is 1610. The first kappa shape index (κ1) is 27.3. The lowest BCUT2D eigenvalue weighted by molar-refractivity contribution is -0.145. The summed E-state index contributed by atoms with van der Waals surface area (Å²) in [6.07, 6.45) is 4.15. The number of amides is 1. The van der Waals surface area contributed by atoms with E-state index in [9.17, 15) is 9.59 Å². The second-order valence-corrected chi connectivity index (χ2v) is 9.43. The van der Waals surface area contributed by atoms with Crippen LogP contribution in [-0.2, 0) is 16.0 Å². The Labute approximate surface area is 239 Å². The van der Waals surface area contributed by atoms with E-state index in [2.05, 4.69) is 5.32 Å². The topological polar surface area (TPSA) is 73.2 Å². The molecule has 5 rings (SSSR count). The molecule has 1 N–H and O–H groups in total. The highest BCUT2D eigenvalue weighted by Gasteiger charge is 2.29. The SMILES string of the molecule is CCOC(=O)[C@H](Cc1ccccc1)NC(=O)c1c(-c2ccccc2)nn(-c2ccccc2)c1/C=C/c1ccccc1. The molecule has 204 valence electrons. The number of nitrogens with one attached hydrogen (secondary N) is 1. The van der Waals surface area contributed by atoms with Crippen LogP contribution in [0.15, 0.2) is 121 Å². The number of nitrogens with zero attached hydrogens (tertiary/aromatic N) is 2. The van der Waals surface area contributed by atoms with Crippen LogP contribution in [0.25, 0.3) is 29.1 Å². The number of hydrogen-bond donors (Lipinski definition) is 1. The summed E-state index contributed by atoms with van der Waals surface area (Å²) in [5.74, 6) is -0.893. The Hall–Kier alpha value is -5.23. The van der Waals surface area contributed by atoms with Gasteiger partial charge in [-0.05, 0) is 36.3 Å². The lowest BCUT2D eigenvalue weighted by Crippen LogP contribution is -2.43. The highest BCUT2D eigenvalue weighted by atomic mass is 16.5. The molecule has 5 aromatic rings. The van der Waals surface area contributed by atoms with Crippen molar-refractivity contribution in [1.82, 2.24) is 15.1 Å². The van der Waals surface area contributed by atoms with E-state index in [0.29, 0.717) is 23.4 Å². The molecular formula is C35H31N3O3. The molecule has 4 aromatic carbocycles. The molecule has 1 heterocycles. The van der Waals surface area contributed by atoms with E-state index in [1.54, 1.807) is 11.6 Å². The standard InChI is InChI=1S/C35H31N3O3/c1-2-41-35(40)30(25-27-17-9-4-10-18-27)36-34(39)32-31(24-23-26-15-7-3-8-16-26)38(29-21-13-6-14-22-29)37-33(32)28-19-11-5-12-20-28/h3-24,30H,2,25H2,1H3,(H,36,39)/b24-23+/t30-/m0/s1. The van der Waals surface area contributed by atoms with Gasteiger partial charge in [-0.15, -0.1) is 0 Å². The Morgan fingerprint density at radius 2 is 1.39 bits per heavy atom. The summed E-state index contributed by atoms with van der Waals surface area (Å²) < 4.78 is 7.12. The average molecular weight is 542 g/mol. The van der Waals surface area contributed by atoms with Crippen molar-refractivity contribution in [3.05, 3.63) is 144 Å². The van der Waals surface area contributed by atoms with E-state index >= 15 is 0 Å². The Balaban J connectivity index is 1.64. The first-order valence-electron chi connectivity index (χ1n) is 13.6. The third-order valence-corrected chi connectivity index (χ3v) is 6.59. The number of para-hydroxylation sites is 1. The molecule has 6 heteroatoms. The van der Waals surface area contributed by atoms with Crippen molar-refractivity contribution in [2.75, 3.05) is 6.61 Å². The summed E-state index contributed by atoms with van der Waals surface area (Å²) >= 11 is 0. The Kier molecular flexibility index (Phi) is 8.81. The van der Waals surface area contributed by atoms with E-state index in [-0.39, 0.29) is 6.61 Å². The smallest absolute Gasteiger partial charge is 0.328 e. The van der Waals surface area contributed by atoms with Gasteiger partial charge in [0, 0.05) is 12.0 Å². The van der Waals surface area contributed by atoms with Gasteiger partial charge < -0.3 is 10.1 Å². The third kappa shape index (κ3) is 6.68. The van der Waals surface area contributed by atoms with Crippen LogP contribution < -0.4 is 5.32 Å². The minimum atomic E-state index is -0.875. The molecule has 0 saturated heterocycles. The number of ether oxygens (including phenoxy) is 1. The average Bonchev–Trinajstić information content (AvgIpc) is 3.41. The molecule has 0 spiro atoms. The van der Waals surface area contributed by atoms with Gasteiger partial charge in [-0.1, -0.05) is 115 Å². The molecule has 0 bridgehead atoms. The van der Waals surface area contributed by atoms with Crippen LogP contribution in [-0.4, -0.2) is 34.3 Å². The Morgan fingerprint density at radius 1 is 0.805 bits per heavy atom. The van der Waals surface area contributed by atoms with Gasteiger partial charge in [0.2, 0.25) is 0 Å². The van der Waals surface area contributed by atoms with Crippen LogP contribution in [0.3, 0.4) is 0 Å². The van der Waals surface area contributed by atoms with Crippen LogP contribution in [0.1, 0.15) is 34.1 Å². The first-order chi connectivity index (χ1) is 20.1. The predicted molar refractivity (Wildman–Crippen MR) is 162 cm³/mol. The molecule has 0 aliphatic carbocycles. The van der Waals surface area contributed by atoms with Crippen molar-refractivity contribution in [3.63, 3.8) is 0 Å². The van der Waals surface area contributed by atoms with Crippen LogP contribution >= 0.6 is 0 Å². The summed E-state index contributed by atoms with van der Waals surface area (Å²) in [5.41, 5.74) is 4.98. The van der Waals surface area contributed by atoms with E-state index in [1.807, 2.05) is 133 Å². The monoisotopic (exact) mass is 541 g/mol. The maximum absolute atomic E-state index is 14.2. The molecule has 0 aliphatic rings. The summed E-state index contributed by atoms with van der Waals surface area (Å²) in [6.45, 7) is 1.97. The van der Waals surface area contributed by atoms with Crippen LogP contribution in [0.2, 0.25) is 0 Å². The fourth-order valence-electron chi connectivity index (χ4n) is 4.63. The fourth-order valence-corrected chi connectivity index (χ4v) is 4.63.